The third-order valence-electron chi connectivity index (χ3n) is 4.24. The van der Waals surface area contributed by atoms with Crippen LogP contribution in [0.3, 0.4) is 0 Å². The molecule has 11 heteroatoms. The van der Waals surface area contributed by atoms with Crippen molar-refractivity contribution < 1.29 is 30.8 Å². The number of carbonyl (C=O) groups excluding carboxylic acids is 1. The molecule has 6 nitrogen and oxygen atoms in total. The molecule has 1 amide bonds. The van der Waals surface area contributed by atoms with Crippen LogP contribution in [0.25, 0.3) is 0 Å². The fourth-order valence-electron chi connectivity index (χ4n) is 2.67. The van der Waals surface area contributed by atoms with E-state index < -0.39 is 44.9 Å². The van der Waals surface area contributed by atoms with E-state index in [2.05, 4.69) is 5.32 Å². The first kappa shape index (κ1) is 23.8. The van der Waals surface area contributed by atoms with Crippen LogP contribution >= 0.6 is 0 Å². The number of nitrogens with zero attached hydrogens (tertiary/aromatic N) is 1. The fourth-order valence-corrected chi connectivity index (χ4v) is 3.70. The summed E-state index contributed by atoms with van der Waals surface area (Å²) in [7, 11) is -0.853. The summed E-state index contributed by atoms with van der Waals surface area (Å²) in [6, 6.07) is 8.68. The molecule has 1 atom stereocenters. The zero-order chi connectivity index (χ0) is 22.5. The Labute approximate surface area is 171 Å². The smallest absolute Gasteiger partial charge is 0.353 e. The molecule has 0 aliphatic rings. The molecule has 0 saturated carbocycles. The minimum atomic E-state index is -4.69. The number of rotatable bonds is 8. The van der Waals surface area contributed by atoms with Crippen LogP contribution in [0.4, 0.5) is 17.6 Å². The number of hydrogen-bond donors (Lipinski definition) is 2. The number of sulfonamides is 1. The van der Waals surface area contributed by atoms with Gasteiger partial charge in [0.1, 0.15) is 5.82 Å². The van der Waals surface area contributed by atoms with Crippen molar-refractivity contribution in [2.75, 3.05) is 27.2 Å². The summed E-state index contributed by atoms with van der Waals surface area (Å²) in [5.41, 5.74) is -0.497. The number of hydrogen-bond acceptors (Lipinski definition) is 4. The lowest BCUT2D eigenvalue weighted by molar-refractivity contribution is -0.137. The Morgan fingerprint density at radius 1 is 1.10 bits per heavy atom. The predicted molar refractivity (Wildman–Crippen MR) is 102 cm³/mol. The Morgan fingerprint density at radius 2 is 1.77 bits per heavy atom. The number of amides is 1. The lowest BCUT2D eigenvalue weighted by Crippen LogP contribution is -2.40. The molecular formula is C19H21F4N3O3S. The van der Waals surface area contributed by atoms with E-state index in [1.165, 1.54) is 18.2 Å². The first-order valence-electron chi connectivity index (χ1n) is 8.75. The Morgan fingerprint density at radius 3 is 2.37 bits per heavy atom. The van der Waals surface area contributed by atoms with Crippen LogP contribution in [0, 0.1) is 5.82 Å². The topological polar surface area (TPSA) is 78.5 Å². The Bertz CT molecular complexity index is 995. The van der Waals surface area contributed by atoms with E-state index in [9.17, 15) is 30.8 Å². The van der Waals surface area contributed by atoms with Gasteiger partial charge in [-0.05, 0) is 50.0 Å². The van der Waals surface area contributed by atoms with Gasteiger partial charge in [-0.25, -0.2) is 17.5 Å². The number of halogens is 4. The summed E-state index contributed by atoms with van der Waals surface area (Å²) in [6.45, 7) is -0.595. The quantitative estimate of drug-likeness (QED) is 0.610. The fraction of sp³-hybridized carbons (Fsp3) is 0.316. The third-order valence-corrected chi connectivity index (χ3v) is 5.64. The normalized spacial score (nSPS) is 13.3. The van der Waals surface area contributed by atoms with Crippen LogP contribution in [0.15, 0.2) is 53.4 Å². The second-order valence-electron chi connectivity index (χ2n) is 6.69. The van der Waals surface area contributed by atoms with Gasteiger partial charge >= 0.3 is 6.18 Å². The van der Waals surface area contributed by atoms with Crippen molar-refractivity contribution in [2.45, 2.75) is 17.1 Å². The average Bonchev–Trinajstić information content (AvgIpc) is 2.66. The van der Waals surface area contributed by atoms with Crippen LogP contribution < -0.4 is 10.0 Å². The molecule has 2 aromatic rings. The van der Waals surface area contributed by atoms with Crippen LogP contribution in [0.1, 0.15) is 17.2 Å². The molecule has 0 bridgehead atoms. The van der Waals surface area contributed by atoms with Gasteiger partial charge in [0.05, 0.1) is 23.0 Å². The van der Waals surface area contributed by atoms with Crippen molar-refractivity contribution in [1.29, 1.82) is 0 Å². The highest BCUT2D eigenvalue weighted by Gasteiger charge is 2.31. The number of nitrogens with one attached hydrogen (secondary N) is 2. The summed E-state index contributed by atoms with van der Waals surface area (Å²) >= 11 is 0. The minimum absolute atomic E-state index is 0.0700. The van der Waals surface area contributed by atoms with E-state index in [0.29, 0.717) is 11.6 Å². The second kappa shape index (κ2) is 9.54. The molecule has 0 spiro atoms. The largest absolute Gasteiger partial charge is 0.416 e. The van der Waals surface area contributed by atoms with Crippen LogP contribution in [-0.4, -0.2) is 46.4 Å². The van der Waals surface area contributed by atoms with Crippen molar-refractivity contribution in [3.63, 3.8) is 0 Å². The van der Waals surface area contributed by atoms with Crippen molar-refractivity contribution in [3.05, 3.63) is 65.5 Å². The van der Waals surface area contributed by atoms with E-state index in [0.717, 1.165) is 18.2 Å². The molecule has 30 heavy (non-hydrogen) atoms. The monoisotopic (exact) mass is 447 g/mol. The Hall–Kier alpha value is -2.50. The van der Waals surface area contributed by atoms with Crippen LogP contribution in [0.5, 0.6) is 0 Å². The molecule has 1 unspecified atom stereocenters. The van der Waals surface area contributed by atoms with Gasteiger partial charge in [0.15, 0.2) is 0 Å². The number of carbonyl (C=O) groups is 1. The zero-order valence-corrected chi connectivity index (χ0v) is 17.0. The van der Waals surface area contributed by atoms with Gasteiger partial charge in [-0.1, -0.05) is 18.2 Å². The second-order valence-corrected chi connectivity index (χ2v) is 8.46. The van der Waals surface area contributed by atoms with Crippen molar-refractivity contribution in [1.82, 2.24) is 14.9 Å². The molecule has 2 rings (SSSR count). The molecule has 0 radical (unpaired) electrons. The molecule has 0 heterocycles. The number of alkyl halides is 3. The standard InChI is InChI=1S/C19H21F4N3O3S/c1-26(2)17(13-5-3-7-15(20)9-13)11-24-18(27)12-25-30(28,29)16-8-4-6-14(10-16)19(21,22)23/h3-10,17,25H,11-12H2,1-2H3,(H,24,27). The Kier molecular flexibility index (Phi) is 7.56. The Balaban J connectivity index is 1.99. The molecule has 0 aliphatic carbocycles. The van der Waals surface area contributed by atoms with E-state index >= 15 is 0 Å². The maximum Gasteiger partial charge on any atom is 0.416 e. The SMILES string of the molecule is CN(C)C(CNC(=O)CNS(=O)(=O)c1cccc(C(F)(F)F)c1)c1cccc(F)c1. The van der Waals surface area contributed by atoms with E-state index in [4.69, 9.17) is 0 Å². The summed E-state index contributed by atoms with van der Waals surface area (Å²) in [4.78, 5) is 13.2. The molecule has 164 valence electrons. The number of benzene rings is 2. The summed E-state index contributed by atoms with van der Waals surface area (Å²) in [5, 5.41) is 2.53. The molecule has 2 aromatic carbocycles. The zero-order valence-electron chi connectivity index (χ0n) is 16.2. The molecule has 0 saturated heterocycles. The van der Waals surface area contributed by atoms with Gasteiger partial charge in [0.25, 0.3) is 0 Å². The van der Waals surface area contributed by atoms with Gasteiger partial charge in [-0.2, -0.15) is 13.2 Å². The highest BCUT2D eigenvalue weighted by atomic mass is 32.2. The summed E-state index contributed by atoms with van der Waals surface area (Å²) < 4.78 is 78.2. The third kappa shape index (κ3) is 6.51. The average molecular weight is 447 g/mol. The molecular weight excluding hydrogens is 426 g/mol. The van der Waals surface area contributed by atoms with Crippen molar-refractivity contribution >= 4 is 15.9 Å². The lowest BCUT2D eigenvalue weighted by Gasteiger charge is -2.25. The van der Waals surface area contributed by atoms with Gasteiger partial charge in [-0.15, -0.1) is 0 Å². The highest BCUT2D eigenvalue weighted by molar-refractivity contribution is 7.89. The summed E-state index contributed by atoms with van der Waals surface area (Å²) in [5.74, 6) is -1.12. The van der Waals surface area contributed by atoms with Crippen LogP contribution in [-0.2, 0) is 21.0 Å². The maximum absolute atomic E-state index is 13.5. The minimum Gasteiger partial charge on any atom is -0.353 e. The lowest BCUT2D eigenvalue weighted by atomic mass is 10.1. The van der Waals surface area contributed by atoms with Crippen molar-refractivity contribution in [3.8, 4) is 0 Å². The molecule has 0 aromatic heterocycles. The van der Waals surface area contributed by atoms with Gasteiger partial charge in [-0.3, -0.25) is 4.79 Å². The predicted octanol–water partition coefficient (Wildman–Crippen LogP) is 2.54. The van der Waals surface area contributed by atoms with Crippen molar-refractivity contribution in [2.24, 2.45) is 0 Å². The van der Waals surface area contributed by atoms with E-state index in [-0.39, 0.29) is 12.6 Å². The van der Waals surface area contributed by atoms with Crippen LogP contribution in [0.2, 0.25) is 0 Å². The number of likely N-dealkylation sites (N-methyl/N-ethyl adjacent to an activating group) is 1. The van der Waals surface area contributed by atoms with E-state index in [1.54, 1.807) is 25.1 Å². The van der Waals surface area contributed by atoms with Gasteiger partial charge in [0.2, 0.25) is 15.9 Å². The highest BCUT2D eigenvalue weighted by Crippen LogP contribution is 2.30. The molecule has 2 N–H and O–H groups in total. The summed E-state index contributed by atoms with van der Waals surface area (Å²) in [6.07, 6.45) is -4.69. The van der Waals surface area contributed by atoms with Gasteiger partial charge < -0.3 is 10.2 Å². The van der Waals surface area contributed by atoms with Gasteiger partial charge in [0, 0.05) is 6.54 Å². The van der Waals surface area contributed by atoms with E-state index in [1.807, 2.05) is 4.72 Å². The first-order chi connectivity index (χ1) is 13.9. The molecule has 0 aliphatic heterocycles. The maximum atomic E-state index is 13.5. The molecule has 0 fully saturated rings. The first-order valence-corrected chi connectivity index (χ1v) is 10.2.